The molecule has 1 heterocycles. The van der Waals surface area contributed by atoms with Gasteiger partial charge in [0.05, 0.1) is 6.61 Å². The molecule has 0 bridgehead atoms. The van der Waals surface area contributed by atoms with E-state index in [4.69, 9.17) is 10.5 Å². The van der Waals surface area contributed by atoms with Gasteiger partial charge in [-0.25, -0.2) is 0 Å². The summed E-state index contributed by atoms with van der Waals surface area (Å²) < 4.78 is 5.64. The predicted octanol–water partition coefficient (Wildman–Crippen LogP) is 4.24. The number of nitrogens with one attached hydrogen (secondary N) is 1. The topological polar surface area (TPSA) is 51.0 Å². The van der Waals surface area contributed by atoms with E-state index in [1.807, 2.05) is 12.1 Å². The van der Waals surface area contributed by atoms with Gasteiger partial charge in [0.15, 0.2) is 0 Å². The molecule has 0 radical (unpaired) electrons. The standard InChI is InChI=1S/C20H24N2O/c1-2-11-23-17-9-7-15(8-10-17)12-16(13-21)19-14-22-20-6-4-3-5-18(19)20/h3-10,14,16,22H,2,11-13,21H2,1H3. The first-order chi connectivity index (χ1) is 11.3. The minimum Gasteiger partial charge on any atom is -0.494 e. The molecule has 3 rings (SSSR count). The number of hydrogen-bond acceptors (Lipinski definition) is 2. The van der Waals surface area contributed by atoms with Gasteiger partial charge >= 0.3 is 0 Å². The molecule has 1 unspecified atom stereocenters. The highest BCUT2D eigenvalue weighted by atomic mass is 16.5. The summed E-state index contributed by atoms with van der Waals surface area (Å²) in [7, 11) is 0. The van der Waals surface area contributed by atoms with Gasteiger partial charge in [0.2, 0.25) is 0 Å². The first kappa shape index (κ1) is 15.6. The minimum absolute atomic E-state index is 0.313. The number of nitrogens with two attached hydrogens (primary N) is 1. The summed E-state index contributed by atoms with van der Waals surface area (Å²) in [6, 6.07) is 16.8. The molecular formula is C20H24N2O. The van der Waals surface area contributed by atoms with Crippen molar-refractivity contribution in [3.63, 3.8) is 0 Å². The highest BCUT2D eigenvalue weighted by molar-refractivity contribution is 5.83. The molecule has 120 valence electrons. The number of aromatic amines is 1. The van der Waals surface area contributed by atoms with Crippen molar-refractivity contribution in [1.29, 1.82) is 0 Å². The number of aromatic nitrogens is 1. The number of para-hydroxylation sites is 1. The number of rotatable bonds is 7. The smallest absolute Gasteiger partial charge is 0.119 e. The Morgan fingerprint density at radius 1 is 1.09 bits per heavy atom. The van der Waals surface area contributed by atoms with Gasteiger partial charge in [-0.2, -0.15) is 0 Å². The molecule has 3 nitrogen and oxygen atoms in total. The first-order valence-corrected chi connectivity index (χ1v) is 8.29. The lowest BCUT2D eigenvalue weighted by molar-refractivity contribution is 0.317. The fourth-order valence-electron chi connectivity index (χ4n) is 2.98. The Labute approximate surface area is 137 Å². The molecule has 0 saturated carbocycles. The number of fused-ring (bicyclic) bond motifs is 1. The number of ether oxygens (including phenoxy) is 1. The maximum atomic E-state index is 6.06. The highest BCUT2D eigenvalue weighted by Crippen LogP contribution is 2.28. The molecule has 2 aromatic carbocycles. The zero-order valence-electron chi connectivity index (χ0n) is 13.6. The summed E-state index contributed by atoms with van der Waals surface area (Å²) in [6.45, 7) is 3.51. The molecule has 1 aromatic heterocycles. The molecule has 0 fully saturated rings. The van der Waals surface area contributed by atoms with E-state index in [-0.39, 0.29) is 0 Å². The van der Waals surface area contributed by atoms with E-state index in [1.165, 1.54) is 22.0 Å². The predicted molar refractivity (Wildman–Crippen MR) is 96.0 cm³/mol. The Morgan fingerprint density at radius 3 is 2.61 bits per heavy atom. The maximum Gasteiger partial charge on any atom is 0.119 e. The van der Waals surface area contributed by atoms with Crippen LogP contribution in [0.4, 0.5) is 0 Å². The molecule has 23 heavy (non-hydrogen) atoms. The summed E-state index contributed by atoms with van der Waals surface area (Å²) >= 11 is 0. The third kappa shape index (κ3) is 3.57. The molecule has 1 atom stereocenters. The number of H-pyrrole nitrogens is 1. The van der Waals surface area contributed by atoms with Gasteiger partial charge in [-0.1, -0.05) is 37.3 Å². The van der Waals surface area contributed by atoms with Crippen LogP contribution in [0.1, 0.15) is 30.4 Å². The summed E-state index contributed by atoms with van der Waals surface area (Å²) in [5.41, 5.74) is 9.82. The highest BCUT2D eigenvalue weighted by Gasteiger charge is 2.15. The fraction of sp³-hybridized carbons (Fsp3) is 0.300. The van der Waals surface area contributed by atoms with Crippen LogP contribution in [0.2, 0.25) is 0 Å². The summed E-state index contributed by atoms with van der Waals surface area (Å²) in [5.74, 6) is 1.25. The summed E-state index contributed by atoms with van der Waals surface area (Å²) in [5, 5.41) is 1.27. The van der Waals surface area contributed by atoms with Gasteiger partial charge in [-0.05, 0) is 48.7 Å². The van der Waals surface area contributed by atoms with Crippen LogP contribution in [-0.2, 0) is 6.42 Å². The van der Waals surface area contributed by atoms with E-state index in [9.17, 15) is 0 Å². The van der Waals surface area contributed by atoms with E-state index in [0.717, 1.165) is 25.2 Å². The summed E-state index contributed by atoms with van der Waals surface area (Å²) in [4.78, 5) is 3.35. The third-order valence-corrected chi connectivity index (χ3v) is 4.22. The molecule has 0 aliphatic carbocycles. The molecular weight excluding hydrogens is 284 g/mol. The molecule has 0 saturated heterocycles. The second kappa shape index (κ2) is 7.34. The number of hydrogen-bond donors (Lipinski definition) is 2. The van der Waals surface area contributed by atoms with Crippen LogP contribution in [0.15, 0.2) is 54.7 Å². The van der Waals surface area contributed by atoms with Crippen LogP contribution in [0, 0.1) is 0 Å². The maximum absolute atomic E-state index is 6.06. The zero-order valence-corrected chi connectivity index (χ0v) is 13.6. The molecule has 0 spiro atoms. The van der Waals surface area contributed by atoms with Crippen molar-refractivity contribution < 1.29 is 4.74 Å². The van der Waals surface area contributed by atoms with Gasteiger partial charge < -0.3 is 15.5 Å². The largest absolute Gasteiger partial charge is 0.494 e. The van der Waals surface area contributed by atoms with Gasteiger partial charge in [-0.3, -0.25) is 0 Å². The Bertz CT molecular complexity index is 746. The van der Waals surface area contributed by atoms with Gasteiger partial charge in [0.1, 0.15) is 5.75 Å². The lowest BCUT2D eigenvalue weighted by atomic mass is 9.92. The van der Waals surface area contributed by atoms with Crippen LogP contribution in [0.25, 0.3) is 10.9 Å². The van der Waals surface area contributed by atoms with Crippen molar-refractivity contribution in [3.8, 4) is 5.75 Å². The van der Waals surface area contributed by atoms with E-state index in [0.29, 0.717) is 12.5 Å². The van der Waals surface area contributed by atoms with Crippen molar-refractivity contribution in [2.24, 2.45) is 5.73 Å². The summed E-state index contributed by atoms with van der Waals surface area (Å²) in [6.07, 6.45) is 4.06. The average Bonchev–Trinajstić information content (AvgIpc) is 3.03. The van der Waals surface area contributed by atoms with E-state index in [1.54, 1.807) is 0 Å². The van der Waals surface area contributed by atoms with Crippen LogP contribution >= 0.6 is 0 Å². The number of benzene rings is 2. The molecule has 3 heteroatoms. The SMILES string of the molecule is CCCOc1ccc(CC(CN)c2c[nH]c3ccccc23)cc1. The Morgan fingerprint density at radius 2 is 1.87 bits per heavy atom. The van der Waals surface area contributed by atoms with Crippen molar-refractivity contribution in [1.82, 2.24) is 4.98 Å². The monoisotopic (exact) mass is 308 g/mol. The second-order valence-corrected chi connectivity index (χ2v) is 5.92. The second-order valence-electron chi connectivity index (χ2n) is 5.92. The first-order valence-electron chi connectivity index (χ1n) is 8.29. The average molecular weight is 308 g/mol. The van der Waals surface area contributed by atoms with Crippen LogP contribution in [0.3, 0.4) is 0 Å². The van der Waals surface area contributed by atoms with Crippen molar-refractivity contribution in [2.45, 2.75) is 25.7 Å². The van der Waals surface area contributed by atoms with Crippen LogP contribution in [-0.4, -0.2) is 18.1 Å². The molecule has 3 aromatic rings. The van der Waals surface area contributed by atoms with E-state index in [2.05, 4.69) is 54.5 Å². The van der Waals surface area contributed by atoms with E-state index >= 15 is 0 Å². The molecule has 0 aliphatic heterocycles. The van der Waals surface area contributed by atoms with Crippen molar-refractivity contribution in [3.05, 3.63) is 65.9 Å². The van der Waals surface area contributed by atoms with Gasteiger partial charge in [0, 0.05) is 23.0 Å². The van der Waals surface area contributed by atoms with Gasteiger partial charge in [-0.15, -0.1) is 0 Å². The molecule has 0 aliphatic rings. The Kier molecular flexibility index (Phi) is 4.99. The van der Waals surface area contributed by atoms with Crippen LogP contribution < -0.4 is 10.5 Å². The molecule has 3 N–H and O–H groups in total. The lowest BCUT2D eigenvalue weighted by Crippen LogP contribution is -2.14. The van der Waals surface area contributed by atoms with Crippen molar-refractivity contribution in [2.75, 3.05) is 13.2 Å². The van der Waals surface area contributed by atoms with E-state index < -0.39 is 0 Å². The van der Waals surface area contributed by atoms with Crippen molar-refractivity contribution >= 4 is 10.9 Å². The Hall–Kier alpha value is -2.26. The normalized spacial score (nSPS) is 12.4. The fourth-order valence-corrected chi connectivity index (χ4v) is 2.98. The minimum atomic E-state index is 0.313. The quantitative estimate of drug-likeness (QED) is 0.686. The van der Waals surface area contributed by atoms with Crippen LogP contribution in [0.5, 0.6) is 5.75 Å². The zero-order chi connectivity index (χ0) is 16.1. The lowest BCUT2D eigenvalue weighted by Gasteiger charge is -2.15. The third-order valence-electron chi connectivity index (χ3n) is 4.22. The molecule has 0 amide bonds. The Balaban J connectivity index is 1.77. The van der Waals surface area contributed by atoms with Gasteiger partial charge in [0.25, 0.3) is 0 Å².